The second-order valence-electron chi connectivity index (χ2n) is 8.40. The highest BCUT2D eigenvalue weighted by atomic mass is 16.5. The molecular weight excluding hydrogens is 376 g/mol. The Balaban J connectivity index is 1.65. The zero-order chi connectivity index (χ0) is 20.7. The molecule has 0 unspecified atom stereocenters. The van der Waals surface area contributed by atoms with Gasteiger partial charge in [-0.25, -0.2) is 0 Å². The van der Waals surface area contributed by atoms with Crippen LogP contribution in [-0.4, -0.2) is 15.8 Å². The summed E-state index contributed by atoms with van der Waals surface area (Å²) in [7, 11) is 0. The normalized spacial score (nSPS) is 14.9. The van der Waals surface area contributed by atoms with E-state index in [1.807, 2.05) is 24.3 Å². The molecule has 0 saturated carbocycles. The predicted octanol–water partition coefficient (Wildman–Crippen LogP) is 5.88. The van der Waals surface area contributed by atoms with Crippen LogP contribution >= 0.6 is 0 Å². The van der Waals surface area contributed by atoms with Gasteiger partial charge in [-0.05, 0) is 56.9 Å². The average Bonchev–Trinajstić information content (AvgIpc) is 3.26. The lowest BCUT2D eigenvalue weighted by atomic mass is 9.88. The van der Waals surface area contributed by atoms with E-state index in [1.54, 1.807) is 0 Å². The Bertz CT molecular complexity index is 1210. The molecule has 5 rings (SSSR count). The third-order valence-corrected chi connectivity index (χ3v) is 5.79. The number of fused-ring (bicyclic) bond motifs is 3. The first-order chi connectivity index (χ1) is 14.5. The molecule has 1 aliphatic heterocycles. The first-order valence-electron chi connectivity index (χ1n) is 10.2. The number of rotatable bonds is 4. The van der Waals surface area contributed by atoms with Gasteiger partial charge in [0, 0.05) is 21.9 Å². The van der Waals surface area contributed by atoms with Crippen molar-refractivity contribution in [2.45, 2.75) is 45.8 Å². The molecule has 0 radical (unpaired) electrons. The summed E-state index contributed by atoms with van der Waals surface area (Å²) in [6.45, 7) is 6.85. The van der Waals surface area contributed by atoms with Crippen LogP contribution in [-0.2, 0) is 13.0 Å². The van der Waals surface area contributed by atoms with Crippen LogP contribution in [0.1, 0.15) is 37.0 Å². The van der Waals surface area contributed by atoms with Crippen molar-refractivity contribution in [3.05, 3.63) is 71.6 Å². The molecule has 4 aromatic rings. The largest absolute Gasteiger partial charge is 0.488 e. The quantitative estimate of drug-likeness (QED) is 0.428. The number of aromatic nitrogens is 2. The summed E-state index contributed by atoms with van der Waals surface area (Å²) >= 11 is 0. The van der Waals surface area contributed by atoms with Gasteiger partial charge < -0.3 is 13.9 Å². The van der Waals surface area contributed by atoms with E-state index in [1.165, 1.54) is 17.5 Å². The number of nitrogens with zero attached hydrogens (tertiary/aromatic N) is 2. The zero-order valence-electron chi connectivity index (χ0n) is 17.4. The van der Waals surface area contributed by atoms with Crippen molar-refractivity contribution in [3.63, 3.8) is 0 Å². The van der Waals surface area contributed by atoms with Gasteiger partial charge in [-0.1, -0.05) is 36.4 Å². The van der Waals surface area contributed by atoms with Crippen LogP contribution in [0.5, 0.6) is 11.5 Å². The van der Waals surface area contributed by atoms with Gasteiger partial charge in [0.15, 0.2) is 0 Å². The van der Waals surface area contributed by atoms with Gasteiger partial charge in [0.2, 0.25) is 12.3 Å². The number of benzene rings is 3. The zero-order valence-corrected chi connectivity index (χ0v) is 17.4. The van der Waals surface area contributed by atoms with E-state index in [4.69, 9.17) is 13.9 Å². The van der Waals surface area contributed by atoms with Crippen molar-refractivity contribution in [2.75, 3.05) is 0 Å². The minimum atomic E-state index is -0.231. The highest BCUT2D eigenvalue weighted by Gasteiger charge is 2.31. The summed E-state index contributed by atoms with van der Waals surface area (Å²) in [4.78, 5) is 0. The number of ether oxygens (including phenoxy) is 2. The van der Waals surface area contributed by atoms with Crippen molar-refractivity contribution in [2.24, 2.45) is 0 Å². The lowest BCUT2D eigenvalue weighted by Gasteiger charge is -2.34. The first-order valence-corrected chi connectivity index (χ1v) is 10.2. The molecule has 0 bridgehead atoms. The Hall–Kier alpha value is -3.34. The number of hydrogen-bond acceptors (Lipinski definition) is 5. The Morgan fingerprint density at radius 1 is 1.07 bits per heavy atom. The summed E-state index contributed by atoms with van der Waals surface area (Å²) in [5.74, 6) is 2.20. The Kier molecular flexibility index (Phi) is 4.46. The molecule has 3 aromatic carbocycles. The van der Waals surface area contributed by atoms with Gasteiger partial charge in [-0.3, -0.25) is 0 Å². The highest BCUT2D eigenvalue weighted by Crippen LogP contribution is 2.45. The Morgan fingerprint density at radius 2 is 1.93 bits per heavy atom. The minimum absolute atomic E-state index is 0.231. The van der Waals surface area contributed by atoms with Crippen LogP contribution in [0.25, 0.3) is 22.2 Å². The van der Waals surface area contributed by atoms with E-state index in [9.17, 15) is 0 Å². The van der Waals surface area contributed by atoms with Crippen molar-refractivity contribution >= 4 is 10.8 Å². The fourth-order valence-corrected chi connectivity index (χ4v) is 4.06. The molecule has 1 aromatic heterocycles. The maximum atomic E-state index is 6.46. The summed E-state index contributed by atoms with van der Waals surface area (Å²) in [5.41, 5.74) is 4.18. The van der Waals surface area contributed by atoms with Crippen LogP contribution in [0.2, 0.25) is 0 Å². The van der Waals surface area contributed by atoms with Crippen LogP contribution in [0.15, 0.2) is 59.3 Å². The van der Waals surface area contributed by atoms with Crippen molar-refractivity contribution in [1.29, 1.82) is 0 Å². The van der Waals surface area contributed by atoms with E-state index < -0.39 is 0 Å². The SMILES string of the molecule is Cc1ccccc1COc1cccc2c3c(c(-c4nnco4)cc12)CCC(C)(C)O3. The summed E-state index contributed by atoms with van der Waals surface area (Å²) in [6, 6.07) is 16.5. The fraction of sp³-hybridized carbons (Fsp3) is 0.280. The van der Waals surface area contributed by atoms with Crippen LogP contribution < -0.4 is 9.47 Å². The Morgan fingerprint density at radius 3 is 2.73 bits per heavy atom. The molecule has 0 atom stereocenters. The van der Waals surface area contributed by atoms with Gasteiger partial charge in [0.1, 0.15) is 23.7 Å². The number of aryl methyl sites for hydroxylation is 1. The predicted molar refractivity (Wildman–Crippen MR) is 116 cm³/mol. The molecule has 0 fully saturated rings. The second-order valence-corrected chi connectivity index (χ2v) is 8.40. The van der Waals surface area contributed by atoms with Gasteiger partial charge >= 0.3 is 0 Å². The smallest absolute Gasteiger partial charge is 0.247 e. The molecule has 30 heavy (non-hydrogen) atoms. The number of hydrogen-bond donors (Lipinski definition) is 0. The molecule has 1 aliphatic rings. The molecule has 0 spiro atoms. The molecule has 0 amide bonds. The summed E-state index contributed by atoms with van der Waals surface area (Å²) in [5, 5.41) is 10.1. The van der Waals surface area contributed by atoms with E-state index in [2.05, 4.69) is 55.2 Å². The molecule has 2 heterocycles. The molecule has 0 aliphatic carbocycles. The summed E-state index contributed by atoms with van der Waals surface area (Å²) in [6.07, 6.45) is 3.18. The van der Waals surface area contributed by atoms with Gasteiger partial charge in [-0.15, -0.1) is 10.2 Å². The maximum absolute atomic E-state index is 6.46. The van der Waals surface area contributed by atoms with Gasteiger partial charge in [0.05, 0.1) is 0 Å². The topological polar surface area (TPSA) is 57.4 Å². The molecule has 5 heteroatoms. The lowest BCUT2D eigenvalue weighted by molar-refractivity contribution is 0.0870. The monoisotopic (exact) mass is 400 g/mol. The van der Waals surface area contributed by atoms with E-state index >= 15 is 0 Å². The minimum Gasteiger partial charge on any atom is -0.488 e. The van der Waals surface area contributed by atoms with Crippen molar-refractivity contribution in [1.82, 2.24) is 10.2 Å². The van der Waals surface area contributed by atoms with Gasteiger partial charge in [-0.2, -0.15) is 0 Å². The first kappa shape index (κ1) is 18.7. The third kappa shape index (κ3) is 3.30. The molecule has 5 nitrogen and oxygen atoms in total. The standard InChI is InChI=1S/C25H24N2O3/c1-16-7-4-5-8-17(16)14-28-22-10-6-9-18-20(22)13-21(24-27-26-15-29-24)19-11-12-25(2,3)30-23(18)19/h4-10,13,15H,11-12,14H2,1-3H3. The molecule has 152 valence electrons. The maximum Gasteiger partial charge on any atom is 0.247 e. The van der Waals surface area contributed by atoms with E-state index in [0.717, 1.165) is 46.2 Å². The lowest BCUT2D eigenvalue weighted by Crippen LogP contribution is -2.33. The summed E-state index contributed by atoms with van der Waals surface area (Å²) < 4.78 is 18.3. The van der Waals surface area contributed by atoms with Crippen LogP contribution in [0.4, 0.5) is 0 Å². The molecular formula is C25H24N2O3. The second kappa shape index (κ2) is 7.17. The highest BCUT2D eigenvalue weighted by molar-refractivity contribution is 5.98. The molecule has 0 saturated heterocycles. The van der Waals surface area contributed by atoms with Crippen LogP contribution in [0.3, 0.4) is 0 Å². The van der Waals surface area contributed by atoms with Gasteiger partial charge in [0.25, 0.3) is 0 Å². The van der Waals surface area contributed by atoms with E-state index in [-0.39, 0.29) is 5.60 Å². The fourth-order valence-electron chi connectivity index (χ4n) is 4.06. The third-order valence-electron chi connectivity index (χ3n) is 5.79. The van der Waals surface area contributed by atoms with Crippen molar-refractivity contribution < 1.29 is 13.9 Å². The van der Waals surface area contributed by atoms with E-state index in [0.29, 0.717) is 12.5 Å². The van der Waals surface area contributed by atoms with Crippen LogP contribution in [0, 0.1) is 6.92 Å². The molecule has 0 N–H and O–H groups in total. The average molecular weight is 400 g/mol. The Labute approximate surface area is 175 Å². The van der Waals surface area contributed by atoms with Crippen molar-refractivity contribution in [3.8, 4) is 23.0 Å².